The zero-order valence-corrected chi connectivity index (χ0v) is 9.64. The van der Waals surface area contributed by atoms with Gasteiger partial charge in [0, 0.05) is 4.88 Å². The van der Waals surface area contributed by atoms with Crippen LogP contribution in [0.2, 0.25) is 0 Å². The molecule has 1 atom stereocenters. The molecule has 0 saturated carbocycles. The molecule has 0 spiro atoms. The first kappa shape index (κ1) is 10.4. The number of nitrogens with one attached hydrogen (secondary N) is 1. The van der Waals surface area contributed by atoms with Crippen LogP contribution < -0.4 is 5.32 Å². The lowest BCUT2D eigenvalue weighted by Gasteiger charge is -1.88. The standard InChI is InChI=1S/C9H9N3OS2/c1-6-8(13)11-9(15-6)12-10-5-7-3-2-4-14-7/h2-6H,1H3,(H,11,12,13)/b10-5+/t6-/m0/s1. The Balaban J connectivity index is 1.98. The van der Waals surface area contributed by atoms with Crippen molar-refractivity contribution in [1.82, 2.24) is 5.32 Å². The first-order valence-electron chi connectivity index (χ1n) is 4.38. The molecule has 0 bridgehead atoms. The van der Waals surface area contributed by atoms with Crippen LogP contribution in [0.5, 0.6) is 0 Å². The molecule has 0 aliphatic carbocycles. The molecule has 0 aromatic carbocycles. The Labute approximate surface area is 95.5 Å². The van der Waals surface area contributed by atoms with Gasteiger partial charge in [0.2, 0.25) is 5.91 Å². The van der Waals surface area contributed by atoms with Gasteiger partial charge in [0.15, 0.2) is 5.17 Å². The van der Waals surface area contributed by atoms with Gasteiger partial charge in [0.1, 0.15) is 0 Å². The Hall–Kier alpha value is -1.14. The normalized spacial score (nSPS) is 23.9. The maximum Gasteiger partial charge on any atom is 0.239 e. The molecule has 1 amide bonds. The average molecular weight is 239 g/mol. The van der Waals surface area contributed by atoms with Crippen LogP contribution in [0.4, 0.5) is 0 Å². The molecule has 15 heavy (non-hydrogen) atoms. The minimum atomic E-state index is -0.0688. The van der Waals surface area contributed by atoms with E-state index in [1.807, 2.05) is 24.4 Å². The van der Waals surface area contributed by atoms with E-state index < -0.39 is 0 Å². The average Bonchev–Trinajstić information content (AvgIpc) is 2.79. The van der Waals surface area contributed by atoms with Crippen molar-refractivity contribution in [2.45, 2.75) is 12.2 Å². The van der Waals surface area contributed by atoms with Gasteiger partial charge in [-0.15, -0.1) is 16.4 Å². The highest BCUT2D eigenvalue weighted by atomic mass is 32.2. The molecule has 0 radical (unpaired) electrons. The smallest absolute Gasteiger partial charge is 0.239 e. The highest BCUT2D eigenvalue weighted by Crippen LogP contribution is 2.18. The molecule has 2 heterocycles. The topological polar surface area (TPSA) is 53.8 Å². The Morgan fingerprint density at radius 1 is 1.60 bits per heavy atom. The summed E-state index contributed by atoms with van der Waals surface area (Å²) in [6.07, 6.45) is 1.67. The Morgan fingerprint density at radius 2 is 2.47 bits per heavy atom. The Bertz CT molecular complexity index is 411. The number of nitrogens with zero attached hydrogens (tertiary/aromatic N) is 2. The largest absolute Gasteiger partial charge is 0.303 e. The zero-order valence-electron chi connectivity index (χ0n) is 8.01. The van der Waals surface area contributed by atoms with Crippen molar-refractivity contribution in [3.05, 3.63) is 22.4 Å². The van der Waals surface area contributed by atoms with Gasteiger partial charge in [-0.1, -0.05) is 17.8 Å². The summed E-state index contributed by atoms with van der Waals surface area (Å²) in [5, 5.41) is 12.9. The van der Waals surface area contributed by atoms with Crippen LogP contribution in [0, 0.1) is 0 Å². The SMILES string of the molecule is C[C@@H]1S/C(=N\N=C\c2cccs2)NC1=O. The van der Waals surface area contributed by atoms with Crippen LogP contribution in [-0.2, 0) is 4.79 Å². The van der Waals surface area contributed by atoms with Crippen LogP contribution >= 0.6 is 23.1 Å². The van der Waals surface area contributed by atoms with Crippen LogP contribution in [0.25, 0.3) is 0 Å². The molecule has 0 unspecified atom stereocenters. The highest BCUT2D eigenvalue weighted by Gasteiger charge is 2.25. The van der Waals surface area contributed by atoms with E-state index in [9.17, 15) is 4.79 Å². The summed E-state index contributed by atoms with van der Waals surface area (Å²) < 4.78 is 0. The van der Waals surface area contributed by atoms with Crippen LogP contribution in [-0.4, -0.2) is 22.5 Å². The fourth-order valence-corrected chi connectivity index (χ4v) is 2.34. The molecule has 78 valence electrons. The molecule has 1 aliphatic heterocycles. The van der Waals surface area contributed by atoms with E-state index in [2.05, 4.69) is 15.5 Å². The van der Waals surface area contributed by atoms with Crippen LogP contribution in [0.3, 0.4) is 0 Å². The van der Waals surface area contributed by atoms with Gasteiger partial charge >= 0.3 is 0 Å². The fourth-order valence-electron chi connectivity index (χ4n) is 1.01. The summed E-state index contributed by atoms with van der Waals surface area (Å²) in [6.45, 7) is 1.84. The predicted molar refractivity (Wildman–Crippen MR) is 64.5 cm³/mol. The second kappa shape index (κ2) is 4.59. The molecule has 1 N–H and O–H groups in total. The Morgan fingerprint density at radius 3 is 3.07 bits per heavy atom. The lowest BCUT2D eigenvalue weighted by atomic mass is 10.4. The van der Waals surface area contributed by atoms with E-state index in [1.165, 1.54) is 11.8 Å². The van der Waals surface area contributed by atoms with E-state index in [4.69, 9.17) is 0 Å². The van der Waals surface area contributed by atoms with Gasteiger partial charge in [0.05, 0.1) is 11.5 Å². The summed E-state index contributed by atoms with van der Waals surface area (Å²) in [5.41, 5.74) is 0. The second-order valence-electron chi connectivity index (χ2n) is 2.91. The number of carbonyl (C=O) groups excluding carboxylic acids is 1. The fraction of sp³-hybridized carbons (Fsp3) is 0.222. The quantitative estimate of drug-likeness (QED) is 0.630. The van der Waals surface area contributed by atoms with E-state index in [0.717, 1.165) is 4.88 Å². The molecular formula is C9H9N3OS2. The summed E-state index contributed by atoms with van der Waals surface area (Å²) in [7, 11) is 0. The molecule has 2 rings (SSSR count). The maximum absolute atomic E-state index is 11.1. The molecule has 1 saturated heterocycles. The predicted octanol–water partition coefficient (Wildman–Crippen LogP) is 1.69. The number of amidine groups is 1. The van der Waals surface area contributed by atoms with Crippen molar-refractivity contribution in [2.24, 2.45) is 10.2 Å². The van der Waals surface area contributed by atoms with E-state index in [-0.39, 0.29) is 11.2 Å². The summed E-state index contributed by atoms with van der Waals surface area (Å²) >= 11 is 2.98. The molecule has 1 aliphatic rings. The summed E-state index contributed by atoms with van der Waals surface area (Å²) in [6, 6.07) is 3.91. The monoisotopic (exact) mass is 239 g/mol. The third-order valence-corrected chi connectivity index (χ3v) is 3.55. The molecule has 6 heteroatoms. The first-order valence-corrected chi connectivity index (χ1v) is 6.13. The van der Waals surface area contributed by atoms with Gasteiger partial charge in [-0.05, 0) is 18.4 Å². The van der Waals surface area contributed by atoms with Gasteiger partial charge < -0.3 is 5.32 Å². The number of carbonyl (C=O) groups is 1. The lowest BCUT2D eigenvalue weighted by molar-refractivity contribution is -0.118. The van der Waals surface area contributed by atoms with Crippen molar-refractivity contribution < 1.29 is 4.79 Å². The molecule has 1 aromatic rings. The molecule has 1 fully saturated rings. The minimum Gasteiger partial charge on any atom is -0.303 e. The van der Waals surface area contributed by atoms with Gasteiger partial charge in [-0.25, -0.2) is 0 Å². The molecular weight excluding hydrogens is 230 g/mol. The third-order valence-electron chi connectivity index (χ3n) is 1.76. The van der Waals surface area contributed by atoms with Crippen molar-refractivity contribution in [1.29, 1.82) is 0 Å². The number of thiophene rings is 1. The maximum atomic E-state index is 11.1. The number of hydrogen-bond acceptors (Lipinski definition) is 5. The van der Waals surface area contributed by atoms with E-state index in [0.29, 0.717) is 5.17 Å². The van der Waals surface area contributed by atoms with Crippen LogP contribution in [0.1, 0.15) is 11.8 Å². The Kier molecular flexibility index (Phi) is 3.17. The van der Waals surface area contributed by atoms with Crippen molar-refractivity contribution in [3.8, 4) is 0 Å². The number of rotatable bonds is 2. The molecule has 1 aromatic heterocycles. The third kappa shape index (κ3) is 2.66. The summed E-state index contributed by atoms with van der Waals surface area (Å²) in [4.78, 5) is 12.2. The number of amides is 1. The van der Waals surface area contributed by atoms with Crippen LogP contribution in [0.15, 0.2) is 27.7 Å². The molecule has 4 nitrogen and oxygen atoms in total. The van der Waals surface area contributed by atoms with Crippen molar-refractivity contribution in [2.75, 3.05) is 0 Å². The lowest BCUT2D eigenvalue weighted by Crippen LogP contribution is -2.23. The zero-order chi connectivity index (χ0) is 10.7. The van der Waals surface area contributed by atoms with E-state index in [1.54, 1.807) is 17.6 Å². The second-order valence-corrected chi connectivity index (χ2v) is 5.22. The van der Waals surface area contributed by atoms with Gasteiger partial charge in [-0.2, -0.15) is 5.10 Å². The minimum absolute atomic E-state index is 0.00919. The van der Waals surface area contributed by atoms with Crippen molar-refractivity contribution in [3.63, 3.8) is 0 Å². The summed E-state index contributed by atoms with van der Waals surface area (Å²) in [5.74, 6) is -0.00919. The van der Waals surface area contributed by atoms with E-state index >= 15 is 0 Å². The highest BCUT2D eigenvalue weighted by molar-refractivity contribution is 8.15. The van der Waals surface area contributed by atoms with Gasteiger partial charge in [0.25, 0.3) is 0 Å². The van der Waals surface area contributed by atoms with Gasteiger partial charge in [-0.3, -0.25) is 4.79 Å². The number of thioether (sulfide) groups is 1. The first-order chi connectivity index (χ1) is 7.25. The number of hydrogen-bond donors (Lipinski definition) is 1. The van der Waals surface area contributed by atoms with Crippen molar-refractivity contribution >= 4 is 40.4 Å².